The first-order valence-corrected chi connectivity index (χ1v) is 3.64. The largest absolute Gasteiger partial charge is 0.378 e. The molecule has 0 aliphatic carbocycles. The van der Waals surface area contributed by atoms with Gasteiger partial charge < -0.3 is 4.90 Å². The maximum Gasteiger partial charge on any atom is 0.0361 e. The molecule has 0 heterocycles. The van der Waals surface area contributed by atoms with E-state index < -0.39 is 0 Å². The van der Waals surface area contributed by atoms with Gasteiger partial charge in [-0.3, -0.25) is 0 Å². The first-order chi connectivity index (χ1) is 5.24. The van der Waals surface area contributed by atoms with E-state index in [9.17, 15) is 0 Å². The zero-order chi connectivity index (χ0) is 8.27. The van der Waals surface area contributed by atoms with Crippen LogP contribution in [0, 0.1) is 0 Å². The van der Waals surface area contributed by atoms with Crippen LogP contribution in [0.25, 0.3) is 6.08 Å². The van der Waals surface area contributed by atoms with Gasteiger partial charge in [0, 0.05) is 19.8 Å². The van der Waals surface area contributed by atoms with Crippen molar-refractivity contribution in [1.82, 2.24) is 0 Å². The molecule has 2 heteroatoms. The molecule has 66 valence electrons. The van der Waals surface area contributed by atoms with Gasteiger partial charge in [0.2, 0.25) is 0 Å². The Kier molecular flexibility index (Phi) is 4.52. The molecule has 1 rings (SSSR count). The molecule has 1 aromatic rings. The molecule has 1 aromatic carbocycles. The van der Waals surface area contributed by atoms with Crippen molar-refractivity contribution in [3.8, 4) is 0 Å². The molecule has 1 nitrogen and oxygen atoms in total. The highest BCUT2D eigenvalue weighted by Gasteiger charge is 1.91. The van der Waals surface area contributed by atoms with Gasteiger partial charge in [0.05, 0.1) is 0 Å². The number of rotatable bonds is 2. The van der Waals surface area contributed by atoms with Crippen LogP contribution < -0.4 is 4.90 Å². The molecule has 0 saturated carbocycles. The number of hydrogen-bond acceptors (Lipinski definition) is 1. The average molecular weight is 181 g/mol. The van der Waals surface area contributed by atoms with Crippen LogP contribution in [0.2, 0.25) is 0 Å². The summed E-state index contributed by atoms with van der Waals surface area (Å²) in [5, 5.41) is 0. The van der Waals surface area contributed by atoms with Crippen molar-refractivity contribution in [1.29, 1.82) is 0 Å². The molecule has 0 aliphatic rings. The van der Waals surface area contributed by atoms with Crippen LogP contribution >= 0.6 is 13.5 Å². The van der Waals surface area contributed by atoms with E-state index in [2.05, 4.69) is 35.7 Å². The molecule has 0 spiro atoms. The Labute approximate surface area is 81.2 Å². The second kappa shape index (κ2) is 4.88. The van der Waals surface area contributed by atoms with Crippen LogP contribution in [-0.4, -0.2) is 14.1 Å². The standard InChI is InChI=1S/C10H13N.H2S/c1-4-9-5-7-10(8-6-9)11(2)3;/h4-8H,1H2,2-3H3;1H2. The molecular weight excluding hydrogens is 166 g/mol. The van der Waals surface area contributed by atoms with Crippen molar-refractivity contribution in [2.24, 2.45) is 0 Å². The third-order valence-corrected chi connectivity index (χ3v) is 1.65. The van der Waals surface area contributed by atoms with Crippen LogP contribution in [0.15, 0.2) is 30.8 Å². The fraction of sp³-hybridized carbons (Fsp3) is 0.200. The second-order valence-electron chi connectivity index (χ2n) is 2.69. The molecule has 12 heavy (non-hydrogen) atoms. The minimum absolute atomic E-state index is 0. The van der Waals surface area contributed by atoms with E-state index in [4.69, 9.17) is 0 Å². The SMILES string of the molecule is C=Cc1ccc(N(C)C)cc1.S. The van der Waals surface area contributed by atoms with Crippen molar-refractivity contribution < 1.29 is 0 Å². The number of hydrogen-bond donors (Lipinski definition) is 0. The fourth-order valence-corrected chi connectivity index (χ4v) is 0.909. The second-order valence-corrected chi connectivity index (χ2v) is 2.69. The van der Waals surface area contributed by atoms with Crippen molar-refractivity contribution in [2.45, 2.75) is 0 Å². The Hall–Kier alpha value is -0.890. The van der Waals surface area contributed by atoms with Crippen LogP contribution in [0.4, 0.5) is 5.69 Å². The van der Waals surface area contributed by atoms with E-state index in [1.807, 2.05) is 20.2 Å². The van der Waals surface area contributed by atoms with Gasteiger partial charge in [0.25, 0.3) is 0 Å². The number of anilines is 1. The lowest BCUT2D eigenvalue weighted by Gasteiger charge is -2.11. The summed E-state index contributed by atoms with van der Waals surface area (Å²) in [7, 11) is 4.06. The van der Waals surface area contributed by atoms with E-state index in [1.54, 1.807) is 0 Å². The summed E-state index contributed by atoms with van der Waals surface area (Å²) in [6.07, 6.45) is 1.85. The maximum absolute atomic E-state index is 3.69. The summed E-state index contributed by atoms with van der Waals surface area (Å²) in [6, 6.07) is 8.28. The third-order valence-electron chi connectivity index (χ3n) is 1.65. The lowest BCUT2D eigenvalue weighted by molar-refractivity contribution is 1.13. The number of benzene rings is 1. The summed E-state index contributed by atoms with van der Waals surface area (Å²) in [5.74, 6) is 0. The summed E-state index contributed by atoms with van der Waals surface area (Å²) in [4.78, 5) is 2.08. The Morgan fingerprint density at radius 3 is 2.00 bits per heavy atom. The van der Waals surface area contributed by atoms with E-state index in [1.165, 1.54) is 5.69 Å². The van der Waals surface area contributed by atoms with Gasteiger partial charge in [0.15, 0.2) is 0 Å². The first-order valence-electron chi connectivity index (χ1n) is 3.64. The molecule has 0 aromatic heterocycles. The quantitative estimate of drug-likeness (QED) is 0.677. The molecule has 0 atom stereocenters. The van der Waals surface area contributed by atoms with E-state index in [0.717, 1.165) is 5.56 Å². The van der Waals surface area contributed by atoms with Gasteiger partial charge >= 0.3 is 0 Å². The molecule has 0 fully saturated rings. The molecule has 0 saturated heterocycles. The highest BCUT2D eigenvalue weighted by molar-refractivity contribution is 7.59. The summed E-state index contributed by atoms with van der Waals surface area (Å²) >= 11 is 0. The predicted molar refractivity (Wildman–Crippen MR) is 61.2 cm³/mol. The zero-order valence-electron chi connectivity index (χ0n) is 7.54. The van der Waals surface area contributed by atoms with Crippen molar-refractivity contribution in [3.63, 3.8) is 0 Å². The van der Waals surface area contributed by atoms with Crippen LogP contribution in [0.1, 0.15) is 5.56 Å². The van der Waals surface area contributed by atoms with Gasteiger partial charge in [-0.15, -0.1) is 0 Å². The smallest absolute Gasteiger partial charge is 0.0361 e. The topological polar surface area (TPSA) is 3.24 Å². The molecule has 0 unspecified atom stereocenters. The summed E-state index contributed by atoms with van der Waals surface area (Å²) in [5.41, 5.74) is 2.38. The van der Waals surface area contributed by atoms with E-state index in [-0.39, 0.29) is 13.5 Å². The monoisotopic (exact) mass is 181 g/mol. The normalized spacial score (nSPS) is 8.50. The van der Waals surface area contributed by atoms with Crippen LogP contribution in [-0.2, 0) is 0 Å². The minimum atomic E-state index is 0. The number of nitrogens with zero attached hydrogens (tertiary/aromatic N) is 1. The van der Waals surface area contributed by atoms with Gasteiger partial charge in [-0.2, -0.15) is 13.5 Å². The molecule has 0 bridgehead atoms. The van der Waals surface area contributed by atoms with Crippen LogP contribution in [0.3, 0.4) is 0 Å². The maximum atomic E-state index is 3.69. The summed E-state index contributed by atoms with van der Waals surface area (Å²) in [6.45, 7) is 3.69. The Balaban J connectivity index is 0.00000121. The van der Waals surface area contributed by atoms with E-state index >= 15 is 0 Å². The third kappa shape index (κ3) is 2.62. The van der Waals surface area contributed by atoms with Gasteiger partial charge in [0.1, 0.15) is 0 Å². The molecular formula is C10H15NS. The van der Waals surface area contributed by atoms with E-state index in [0.29, 0.717) is 0 Å². The average Bonchev–Trinajstić information content (AvgIpc) is 2.05. The highest BCUT2D eigenvalue weighted by Crippen LogP contribution is 2.12. The van der Waals surface area contributed by atoms with Crippen LogP contribution in [0.5, 0.6) is 0 Å². The first kappa shape index (κ1) is 11.1. The van der Waals surface area contributed by atoms with Crippen molar-refractivity contribution in [3.05, 3.63) is 36.4 Å². The predicted octanol–water partition coefficient (Wildman–Crippen LogP) is 2.51. The lowest BCUT2D eigenvalue weighted by Crippen LogP contribution is -2.07. The Morgan fingerprint density at radius 2 is 1.67 bits per heavy atom. The molecule has 0 amide bonds. The molecule has 0 radical (unpaired) electrons. The highest BCUT2D eigenvalue weighted by atomic mass is 32.1. The zero-order valence-corrected chi connectivity index (χ0v) is 8.54. The Bertz CT molecular complexity index is 239. The summed E-state index contributed by atoms with van der Waals surface area (Å²) < 4.78 is 0. The minimum Gasteiger partial charge on any atom is -0.378 e. The van der Waals surface area contributed by atoms with Gasteiger partial charge in [-0.25, -0.2) is 0 Å². The van der Waals surface area contributed by atoms with Gasteiger partial charge in [-0.05, 0) is 17.7 Å². The fourth-order valence-electron chi connectivity index (χ4n) is 0.909. The Morgan fingerprint density at radius 1 is 1.17 bits per heavy atom. The molecule has 0 aliphatic heterocycles. The lowest BCUT2D eigenvalue weighted by atomic mass is 10.2. The van der Waals surface area contributed by atoms with Crippen molar-refractivity contribution >= 4 is 25.3 Å². The van der Waals surface area contributed by atoms with Gasteiger partial charge in [-0.1, -0.05) is 24.8 Å². The molecule has 0 N–H and O–H groups in total. The van der Waals surface area contributed by atoms with Crippen molar-refractivity contribution in [2.75, 3.05) is 19.0 Å².